The SMILES string of the molecule is [2H]C([2H])([2H])C([2H])([2H])C(NCC(O)c1cc(Cl)c(N)c(C(F)(F)F)c1)(C([2H])([2H])[2H])C([2H])([2H])[2H]. The van der Waals surface area contributed by atoms with Crippen LogP contribution in [0.1, 0.15) is 59.2 Å². The van der Waals surface area contributed by atoms with Crippen molar-refractivity contribution in [2.24, 2.45) is 0 Å². The zero-order valence-electron chi connectivity index (χ0n) is 21.5. The Hall–Kier alpha value is -0.980. The van der Waals surface area contributed by atoms with Gasteiger partial charge in [0, 0.05) is 27.2 Å². The number of nitrogen functional groups attached to an aromatic ring is 1. The van der Waals surface area contributed by atoms with Crippen molar-refractivity contribution in [3.63, 3.8) is 0 Å². The highest BCUT2D eigenvalue weighted by Crippen LogP contribution is 2.38. The van der Waals surface area contributed by atoms with E-state index in [1.165, 1.54) is 0 Å². The zero-order valence-corrected chi connectivity index (χ0v) is 11.2. The van der Waals surface area contributed by atoms with E-state index in [0.717, 1.165) is 6.07 Å². The fourth-order valence-electron chi connectivity index (χ4n) is 1.48. The highest BCUT2D eigenvalue weighted by atomic mass is 35.5. The number of rotatable bonds is 5. The van der Waals surface area contributed by atoms with Crippen LogP contribution < -0.4 is 11.1 Å². The van der Waals surface area contributed by atoms with Gasteiger partial charge in [0.2, 0.25) is 0 Å². The van der Waals surface area contributed by atoms with E-state index in [9.17, 15) is 18.3 Å². The van der Waals surface area contributed by atoms with E-state index >= 15 is 0 Å². The molecule has 0 heterocycles. The molecule has 1 aromatic carbocycles. The number of β-amino-alcohol motifs (C(OH)–C–C–N with tert-alkyl or cyclic N) is 1. The predicted molar refractivity (Wildman–Crippen MR) is 78.2 cm³/mol. The van der Waals surface area contributed by atoms with Crippen molar-refractivity contribution in [1.82, 2.24) is 5.32 Å². The molecule has 1 atom stereocenters. The molecule has 4 N–H and O–H groups in total. The fourth-order valence-corrected chi connectivity index (χ4v) is 1.71. The first-order valence-corrected chi connectivity index (χ1v) is 5.89. The summed E-state index contributed by atoms with van der Waals surface area (Å²) in [5, 5.41) is 11.5. The first-order chi connectivity index (χ1) is 13.9. The minimum absolute atomic E-state index is 0.401. The van der Waals surface area contributed by atoms with Crippen LogP contribution in [-0.4, -0.2) is 17.2 Å². The number of hydrogen-bond donors (Lipinski definition) is 3. The minimum Gasteiger partial charge on any atom is -0.397 e. The van der Waals surface area contributed by atoms with Crippen LogP contribution >= 0.6 is 11.6 Å². The molecule has 0 aromatic heterocycles. The third kappa shape index (κ3) is 4.76. The first kappa shape index (κ1) is 7.53. The molecule has 0 fully saturated rings. The van der Waals surface area contributed by atoms with E-state index in [1.807, 2.05) is 0 Å². The molecule has 0 radical (unpaired) electrons. The molecule has 1 rings (SSSR count). The van der Waals surface area contributed by atoms with Crippen LogP contribution in [0.3, 0.4) is 0 Å². The molecule has 1 aromatic rings. The van der Waals surface area contributed by atoms with Crippen molar-refractivity contribution in [2.45, 2.75) is 44.7 Å². The Bertz CT molecular complexity index is 823. The topological polar surface area (TPSA) is 58.3 Å². The molecular weight excluding hydrogens is 305 g/mol. The molecule has 3 nitrogen and oxygen atoms in total. The number of nitrogens with two attached hydrogens (primary N) is 1. The number of aliphatic hydroxyl groups excluding tert-OH is 1. The van der Waals surface area contributed by atoms with Crippen LogP contribution in [0, 0.1) is 0 Å². The van der Waals surface area contributed by atoms with Crippen LogP contribution in [0.15, 0.2) is 12.1 Å². The molecule has 1 unspecified atom stereocenters. The monoisotopic (exact) mass is 335 g/mol. The van der Waals surface area contributed by atoms with E-state index < -0.39 is 73.1 Å². The lowest BCUT2D eigenvalue weighted by Crippen LogP contribution is -2.40. The van der Waals surface area contributed by atoms with Crippen molar-refractivity contribution in [1.29, 1.82) is 0 Å². The molecule has 0 aliphatic rings. The van der Waals surface area contributed by atoms with Gasteiger partial charge in [0.15, 0.2) is 0 Å². The van der Waals surface area contributed by atoms with Crippen LogP contribution in [0.25, 0.3) is 0 Å². The highest BCUT2D eigenvalue weighted by molar-refractivity contribution is 6.33. The van der Waals surface area contributed by atoms with E-state index in [4.69, 9.17) is 32.4 Å². The Labute approximate surface area is 142 Å². The Balaban J connectivity index is 3.56. The summed E-state index contributed by atoms with van der Waals surface area (Å²) < 4.78 is 123. The van der Waals surface area contributed by atoms with Crippen molar-refractivity contribution >= 4 is 17.3 Å². The summed E-state index contributed by atoms with van der Waals surface area (Å²) in [5.74, 6) is 0. The summed E-state index contributed by atoms with van der Waals surface area (Å²) in [7, 11) is 0. The largest absolute Gasteiger partial charge is 0.418 e. The van der Waals surface area contributed by atoms with Crippen molar-refractivity contribution < 1.29 is 33.4 Å². The average molecular weight is 336 g/mol. The standard InChI is InChI=1S/C14H20ClF3N2O/c1-4-13(2,3)20-7-11(21)8-5-9(14(16,17)18)12(19)10(15)6-8/h5-6,11,20-21H,4,7,19H2,1-3H3/i1D3,2D3,3D3,4D2. The summed E-state index contributed by atoms with van der Waals surface area (Å²) in [6, 6.07) is 1.22. The smallest absolute Gasteiger partial charge is 0.397 e. The summed E-state index contributed by atoms with van der Waals surface area (Å²) in [6.07, 6.45) is -10.9. The average Bonchev–Trinajstić information content (AvgIpc) is 2.52. The van der Waals surface area contributed by atoms with Crippen molar-refractivity contribution in [3.8, 4) is 0 Å². The molecule has 0 bridgehead atoms. The Morgan fingerprint density at radius 1 is 1.48 bits per heavy atom. The van der Waals surface area contributed by atoms with Crippen LogP contribution in [0.2, 0.25) is 5.02 Å². The summed E-state index contributed by atoms with van der Waals surface area (Å²) in [5.41, 5.74) is -1.26. The van der Waals surface area contributed by atoms with Gasteiger partial charge in [-0.15, -0.1) is 0 Å². The van der Waals surface area contributed by atoms with Crippen LogP contribution in [-0.2, 0) is 6.18 Å². The van der Waals surface area contributed by atoms with Gasteiger partial charge in [-0.3, -0.25) is 0 Å². The number of hydrogen-bond acceptors (Lipinski definition) is 3. The van der Waals surface area contributed by atoms with Gasteiger partial charge >= 0.3 is 6.18 Å². The maximum Gasteiger partial charge on any atom is 0.418 e. The Morgan fingerprint density at radius 2 is 2.14 bits per heavy atom. The lowest BCUT2D eigenvalue weighted by Gasteiger charge is -2.26. The maximum atomic E-state index is 13.2. The normalized spacial score (nSPS) is 24.5. The van der Waals surface area contributed by atoms with Gasteiger partial charge in [0.05, 0.1) is 22.4 Å². The molecule has 0 saturated heterocycles. The maximum absolute atomic E-state index is 13.2. The number of benzene rings is 1. The molecule has 7 heteroatoms. The van der Waals surface area contributed by atoms with Gasteiger partial charge in [-0.25, -0.2) is 0 Å². The third-order valence-electron chi connectivity index (χ3n) is 2.59. The van der Waals surface area contributed by atoms with Crippen LogP contribution in [0.5, 0.6) is 0 Å². The molecule has 0 aliphatic carbocycles. The second kappa shape index (κ2) is 6.42. The summed E-state index contributed by atoms with van der Waals surface area (Å²) in [6.45, 7) is -12.5. The molecule has 21 heavy (non-hydrogen) atoms. The highest BCUT2D eigenvalue weighted by Gasteiger charge is 2.34. The quantitative estimate of drug-likeness (QED) is 0.718. The zero-order chi connectivity index (χ0) is 25.7. The third-order valence-corrected chi connectivity index (χ3v) is 2.90. The van der Waals surface area contributed by atoms with Gasteiger partial charge in [-0.05, 0) is 37.8 Å². The number of anilines is 1. The van der Waals surface area contributed by atoms with Gasteiger partial charge in [-0.1, -0.05) is 18.5 Å². The van der Waals surface area contributed by atoms with Gasteiger partial charge in [0.25, 0.3) is 0 Å². The number of halogens is 4. The van der Waals surface area contributed by atoms with Gasteiger partial charge in [-0.2, -0.15) is 13.2 Å². The lowest BCUT2D eigenvalue weighted by atomic mass is 10.00. The van der Waals surface area contributed by atoms with Crippen molar-refractivity contribution in [3.05, 3.63) is 28.3 Å². The molecule has 0 amide bonds. The van der Waals surface area contributed by atoms with E-state index in [-0.39, 0.29) is 0 Å². The molecule has 0 aliphatic heterocycles. The molecule has 0 spiro atoms. The number of alkyl halides is 3. The van der Waals surface area contributed by atoms with E-state index in [2.05, 4.69) is 0 Å². The Kier molecular flexibility index (Phi) is 2.30. The van der Waals surface area contributed by atoms with Gasteiger partial charge < -0.3 is 16.2 Å². The van der Waals surface area contributed by atoms with E-state index in [1.54, 1.807) is 5.32 Å². The minimum atomic E-state index is -4.98. The predicted octanol–water partition coefficient (Wildman–Crippen LogP) is 3.75. The number of nitrogens with one attached hydrogen (secondary N) is 1. The second-order valence-corrected chi connectivity index (χ2v) is 4.64. The van der Waals surface area contributed by atoms with Crippen LogP contribution in [0.4, 0.5) is 18.9 Å². The molecule has 120 valence electrons. The lowest BCUT2D eigenvalue weighted by molar-refractivity contribution is -0.137. The van der Waals surface area contributed by atoms with E-state index in [0.29, 0.717) is 6.07 Å². The Morgan fingerprint density at radius 3 is 2.67 bits per heavy atom. The van der Waals surface area contributed by atoms with Gasteiger partial charge in [0.1, 0.15) is 0 Å². The second-order valence-electron chi connectivity index (χ2n) is 4.23. The summed E-state index contributed by atoms with van der Waals surface area (Å²) >= 11 is 5.67. The number of aliphatic hydroxyl groups is 1. The fraction of sp³-hybridized carbons (Fsp3) is 0.571. The molecule has 0 saturated carbocycles. The van der Waals surface area contributed by atoms with Crippen molar-refractivity contribution in [2.75, 3.05) is 12.3 Å². The molecular formula is C14H20ClF3N2O. The first-order valence-electron chi connectivity index (χ1n) is 11.0. The summed E-state index contributed by atoms with van der Waals surface area (Å²) in [4.78, 5) is 0.